The summed E-state index contributed by atoms with van der Waals surface area (Å²) in [7, 11) is 0. The molecule has 0 spiro atoms. The van der Waals surface area contributed by atoms with Gasteiger partial charge in [0.05, 0.1) is 24.2 Å². The first-order valence-electron chi connectivity index (χ1n) is 8.02. The smallest absolute Gasteiger partial charge is 0.0857 e. The Kier molecular flexibility index (Phi) is 4.11. The Morgan fingerprint density at radius 3 is 2.81 bits per heavy atom. The van der Waals surface area contributed by atoms with Crippen LogP contribution in [0.5, 0.6) is 0 Å². The quantitative estimate of drug-likeness (QED) is 0.873. The average molecular weight is 284 g/mol. The average Bonchev–Trinajstić information content (AvgIpc) is 3.25. The largest absolute Gasteiger partial charge is 0.390 e. The highest BCUT2D eigenvalue weighted by Crippen LogP contribution is 2.42. The van der Waals surface area contributed by atoms with Gasteiger partial charge in [-0.05, 0) is 55.2 Å². The fraction of sp³-hybridized carbons (Fsp3) is 0.500. The molecule has 3 nitrogen and oxygen atoms in total. The number of rotatable bonds is 6. The maximum atomic E-state index is 9.82. The summed E-state index contributed by atoms with van der Waals surface area (Å²) in [6.07, 6.45) is 7.86. The zero-order valence-electron chi connectivity index (χ0n) is 13.0. The van der Waals surface area contributed by atoms with Gasteiger partial charge in [0.15, 0.2) is 0 Å². The van der Waals surface area contributed by atoms with Gasteiger partial charge in [-0.1, -0.05) is 31.5 Å². The Hall–Kier alpha value is -1.61. The Bertz CT molecular complexity index is 626. The molecule has 1 aromatic carbocycles. The predicted molar refractivity (Wildman–Crippen MR) is 84.8 cm³/mol. The number of para-hydroxylation sites is 1. The summed E-state index contributed by atoms with van der Waals surface area (Å²) < 4.78 is 1.98. The minimum atomic E-state index is 0.0629. The molecule has 21 heavy (non-hydrogen) atoms. The third-order valence-electron chi connectivity index (χ3n) is 4.40. The summed E-state index contributed by atoms with van der Waals surface area (Å²) in [5, 5.41) is 14.4. The summed E-state index contributed by atoms with van der Waals surface area (Å²) in [4.78, 5) is 0. The van der Waals surface area contributed by atoms with Crippen molar-refractivity contribution in [3.8, 4) is 5.69 Å². The minimum Gasteiger partial charge on any atom is -0.390 e. The molecule has 0 bridgehead atoms. The first kappa shape index (κ1) is 14.3. The lowest BCUT2D eigenvalue weighted by Crippen LogP contribution is -2.08. The number of hydrogen-bond donors (Lipinski definition) is 1. The molecule has 112 valence electrons. The topological polar surface area (TPSA) is 38.0 Å². The van der Waals surface area contributed by atoms with Crippen LogP contribution in [0.4, 0.5) is 0 Å². The van der Waals surface area contributed by atoms with E-state index in [1.54, 1.807) is 0 Å². The maximum Gasteiger partial charge on any atom is 0.0857 e. The lowest BCUT2D eigenvalue weighted by molar-refractivity contribution is 0.272. The number of aliphatic hydroxyl groups is 1. The molecular formula is C18H24N2O. The summed E-state index contributed by atoms with van der Waals surface area (Å²) in [6, 6.07) is 6.44. The normalized spacial score (nSPS) is 14.6. The van der Waals surface area contributed by atoms with Gasteiger partial charge >= 0.3 is 0 Å². The van der Waals surface area contributed by atoms with Crippen LogP contribution in [-0.2, 0) is 13.0 Å². The molecule has 1 saturated carbocycles. The van der Waals surface area contributed by atoms with Crippen LogP contribution < -0.4 is 0 Å². The highest BCUT2D eigenvalue weighted by Gasteiger charge is 2.29. The molecule has 1 heterocycles. The number of unbranched alkanes of at least 4 members (excludes halogenated alkanes) is 1. The molecule has 3 rings (SSSR count). The molecule has 1 aliphatic rings. The summed E-state index contributed by atoms with van der Waals surface area (Å²) in [6.45, 7) is 4.41. The van der Waals surface area contributed by atoms with Crippen LogP contribution in [0.3, 0.4) is 0 Å². The van der Waals surface area contributed by atoms with Gasteiger partial charge in [-0.15, -0.1) is 0 Å². The van der Waals surface area contributed by atoms with E-state index < -0.39 is 0 Å². The van der Waals surface area contributed by atoms with Crippen molar-refractivity contribution in [3.05, 3.63) is 46.8 Å². The molecule has 1 N–H and O–H groups in total. The highest BCUT2D eigenvalue weighted by molar-refractivity contribution is 5.49. The van der Waals surface area contributed by atoms with E-state index in [9.17, 15) is 5.11 Å². The van der Waals surface area contributed by atoms with Crippen LogP contribution in [-0.4, -0.2) is 14.9 Å². The van der Waals surface area contributed by atoms with Crippen LogP contribution in [0.2, 0.25) is 0 Å². The molecule has 0 amide bonds. The zero-order valence-corrected chi connectivity index (χ0v) is 13.0. The van der Waals surface area contributed by atoms with E-state index >= 15 is 0 Å². The van der Waals surface area contributed by atoms with Crippen LogP contribution in [0, 0.1) is 6.92 Å². The monoisotopic (exact) mass is 284 g/mol. The number of aryl methyl sites for hydroxylation is 2. The van der Waals surface area contributed by atoms with Gasteiger partial charge in [0.2, 0.25) is 0 Å². The second-order valence-corrected chi connectivity index (χ2v) is 6.08. The van der Waals surface area contributed by atoms with Crippen molar-refractivity contribution < 1.29 is 5.11 Å². The SMILES string of the molecule is CCCCc1cccc(C)c1-n1ncc(C2CC2)c1CO. The highest BCUT2D eigenvalue weighted by atomic mass is 16.3. The van der Waals surface area contributed by atoms with Gasteiger partial charge in [-0.25, -0.2) is 4.68 Å². The summed E-state index contributed by atoms with van der Waals surface area (Å²) in [5.74, 6) is 0.615. The van der Waals surface area contributed by atoms with Crippen molar-refractivity contribution in [2.75, 3.05) is 0 Å². The van der Waals surface area contributed by atoms with Gasteiger partial charge in [-0.2, -0.15) is 5.10 Å². The van der Waals surface area contributed by atoms with Crippen molar-refractivity contribution >= 4 is 0 Å². The molecular weight excluding hydrogens is 260 g/mol. The minimum absolute atomic E-state index is 0.0629. The number of aliphatic hydroxyl groups excluding tert-OH is 1. The van der Waals surface area contributed by atoms with Gasteiger partial charge in [0.25, 0.3) is 0 Å². The van der Waals surface area contributed by atoms with E-state index in [4.69, 9.17) is 0 Å². The Balaban J connectivity index is 2.07. The predicted octanol–water partition coefficient (Wildman–Crippen LogP) is 3.89. The van der Waals surface area contributed by atoms with Gasteiger partial charge < -0.3 is 5.11 Å². The number of benzene rings is 1. The van der Waals surface area contributed by atoms with Crippen molar-refractivity contribution in [2.24, 2.45) is 0 Å². The van der Waals surface area contributed by atoms with E-state index in [0.717, 1.165) is 12.1 Å². The fourth-order valence-corrected chi connectivity index (χ4v) is 3.06. The van der Waals surface area contributed by atoms with Crippen LogP contribution in [0.15, 0.2) is 24.4 Å². The van der Waals surface area contributed by atoms with E-state index in [1.165, 1.54) is 48.1 Å². The van der Waals surface area contributed by atoms with Crippen molar-refractivity contribution in [1.82, 2.24) is 9.78 Å². The molecule has 1 aromatic heterocycles. The second-order valence-electron chi connectivity index (χ2n) is 6.08. The molecule has 0 unspecified atom stereocenters. The van der Waals surface area contributed by atoms with E-state index in [2.05, 4.69) is 37.1 Å². The van der Waals surface area contributed by atoms with Crippen LogP contribution in [0.25, 0.3) is 5.69 Å². The van der Waals surface area contributed by atoms with Crippen molar-refractivity contribution in [2.45, 2.75) is 58.5 Å². The van der Waals surface area contributed by atoms with Crippen LogP contribution in [0.1, 0.15) is 60.9 Å². The lowest BCUT2D eigenvalue weighted by Gasteiger charge is -2.15. The first-order valence-corrected chi connectivity index (χ1v) is 8.02. The molecule has 2 aromatic rings. The molecule has 1 aliphatic carbocycles. The van der Waals surface area contributed by atoms with E-state index in [1.807, 2.05) is 10.9 Å². The number of hydrogen-bond acceptors (Lipinski definition) is 2. The molecule has 1 fully saturated rings. The van der Waals surface area contributed by atoms with Crippen LogP contribution >= 0.6 is 0 Å². The first-order chi connectivity index (χ1) is 10.3. The molecule has 0 radical (unpaired) electrons. The summed E-state index contributed by atoms with van der Waals surface area (Å²) >= 11 is 0. The Morgan fingerprint density at radius 2 is 2.14 bits per heavy atom. The van der Waals surface area contributed by atoms with Gasteiger partial charge in [-0.3, -0.25) is 0 Å². The van der Waals surface area contributed by atoms with E-state index in [-0.39, 0.29) is 6.61 Å². The standard InChI is InChI=1S/C18H24N2O/c1-3-4-7-15-8-5-6-13(2)18(15)20-17(12-21)16(11-19-20)14-9-10-14/h5-6,8,11,14,21H,3-4,7,9-10,12H2,1-2H3. The lowest BCUT2D eigenvalue weighted by atomic mass is 10.0. The number of aromatic nitrogens is 2. The maximum absolute atomic E-state index is 9.82. The zero-order chi connectivity index (χ0) is 14.8. The Labute approximate surface area is 126 Å². The van der Waals surface area contributed by atoms with Gasteiger partial charge in [0.1, 0.15) is 0 Å². The molecule has 3 heteroatoms. The van der Waals surface area contributed by atoms with E-state index in [0.29, 0.717) is 5.92 Å². The van der Waals surface area contributed by atoms with Gasteiger partial charge in [0, 0.05) is 0 Å². The fourth-order valence-electron chi connectivity index (χ4n) is 3.06. The third kappa shape index (κ3) is 2.75. The molecule has 0 saturated heterocycles. The molecule has 0 aliphatic heterocycles. The molecule has 0 atom stereocenters. The van der Waals surface area contributed by atoms with Crippen molar-refractivity contribution in [1.29, 1.82) is 0 Å². The third-order valence-corrected chi connectivity index (χ3v) is 4.40. The van der Waals surface area contributed by atoms with Crippen molar-refractivity contribution in [3.63, 3.8) is 0 Å². The summed E-state index contributed by atoms with van der Waals surface area (Å²) in [5.41, 5.74) is 5.94. The Morgan fingerprint density at radius 1 is 1.33 bits per heavy atom. The second kappa shape index (κ2) is 6.02. The number of nitrogens with zero attached hydrogens (tertiary/aromatic N) is 2.